The van der Waals surface area contributed by atoms with Gasteiger partial charge in [0.15, 0.2) is 5.78 Å². The van der Waals surface area contributed by atoms with Crippen LogP contribution in [0, 0.1) is 0 Å². The van der Waals surface area contributed by atoms with Crippen molar-refractivity contribution in [2.45, 2.75) is 26.2 Å². The molecule has 0 atom stereocenters. The van der Waals surface area contributed by atoms with Crippen molar-refractivity contribution in [2.75, 3.05) is 0 Å². The molecule has 2 N–H and O–H groups in total. The van der Waals surface area contributed by atoms with E-state index in [4.69, 9.17) is 5.11 Å². The lowest BCUT2D eigenvalue weighted by atomic mass is 9.85. The Kier molecular flexibility index (Phi) is 4.88. The predicted octanol–water partition coefficient (Wildman–Crippen LogP) is 4.02. The van der Waals surface area contributed by atoms with E-state index in [0.717, 1.165) is 11.6 Å². The summed E-state index contributed by atoms with van der Waals surface area (Å²) in [5.41, 5.74) is 2.21. The van der Waals surface area contributed by atoms with E-state index in [-0.39, 0.29) is 22.5 Å². The standard InChI is InChI=1S/C20H20O4/c1-20(2,3)15-9-10-17(21)16(12-15)19(24)14-7-4-13(5-8-14)6-11-18(22)23/h4-12,21H,1-3H3,(H,22,23). The molecule has 0 fully saturated rings. The van der Waals surface area contributed by atoms with Crippen LogP contribution in [0.2, 0.25) is 0 Å². The van der Waals surface area contributed by atoms with Crippen LogP contribution in [-0.4, -0.2) is 22.0 Å². The van der Waals surface area contributed by atoms with Crippen LogP contribution in [0.3, 0.4) is 0 Å². The van der Waals surface area contributed by atoms with Crippen molar-refractivity contribution in [1.82, 2.24) is 0 Å². The van der Waals surface area contributed by atoms with E-state index in [1.54, 1.807) is 30.3 Å². The Morgan fingerprint density at radius 1 is 1.00 bits per heavy atom. The molecule has 0 saturated carbocycles. The molecule has 0 saturated heterocycles. The highest BCUT2D eigenvalue weighted by Gasteiger charge is 2.19. The quantitative estimate of drug-likeness (QED) is 0.658. The fourth-order valence-electron chi connectivity index (χ4n) is 2.25. The van der Waals surface area contributed by atoms with Crippen molar-refractivity contribution in [3.63, 3.8) is 0 Å². The highest BCUT2D eigenvalue weighted by Crippen LogP contribution is 2.28. The zero-order chi connectivity index (χ0) is 17.9. The lowest BCUT2D eigenvalue weighted by Gasteiger charge is -2.20. The molecule has 0 unspecified atom stereocenters. The Balaban J connectivity index is 2.33. The molecule has 4 heteroatoms. The molecule has 2 aromatic carbocycles. The Labute approximate surface area is 141 Å². The van der Waals surface area contributed by atoms with E-state index in [2.05, 4.69) is 0 Å². The van der Waals surface area contributed by atoms with E-state index < -0.39 is 5.97 Å². The zero-order valence-corrected chi connectivity index (χ0v) is 13.9. The number of carboxylic acids is 1. The van der Waals surface area contributed by atoms with Gasteiger partial charge in [-0.25, -0.2) is 4.79 Å². The van der Waals surface area contributed by atoms with Gasteiger partial charge in [0, 0.05) is 11.6 Å². The van der Waals surface area contributed by atoms with Crippen LogP contribution in [0.1, 0.15) is 47.8 Å². The third-order valence-corrected chi connectivity index (χ3v) is 3.70. The monoisotopic (exact) mass is 324 g/mol. The Hall–Kier alpha value is -2.88. The third kappa shape index (κ3) is 4.10. The van der Waals surface area contributed by atoms with Crippen LogP contribution < -0.4 is 0 Å². The molecular formula is C20H20O4. The van der Waals surface area contributed by atoms with Gasteiger partial charge in [0.1, 0.15) is 5.75 Å². The average molecular weight is 324 g/mol. The maximum absolute atomic E-state index is 12.7. The first-order chi connectivity index (χ1) is 11.2. The molecule has 0 amide bonds. The summed E-state index contributed by atoms with van der Waals surface area (Å²) >= 11 is 0. The van der Waals surface area contributed by atoms with Crippen LogP contribution >= 0.6 is 0 Å². The van der Waals surface area contributed by atoms with Crippen molar-refractivity contribution in [3.8, 4) is 5.75 Å². The van der Waals surface area contributed by atoms with Crippen molar-refractivity contribution in [2.24, 2.45) is 0 Å². The number of benzene rings is 2. The molecule has 0 aliphatic rings. The number of hydrogen-bond donors (Lipinski definition) is 2. The molecular weight excluding hydrogens is 304 g/mol. The predicted molar refractivity (Wildman–Crippen MR) is 93.4 cm³/mol. The van der Waals surface area contributed by atoms with E-state index in [0.29, 0.717) is 11.1 Å². The number of rotatable bonds is 4. The Morgan fingerprint density at radius 3 is 2.17 bits per heavy atom. The van der Waals surface area contributed by atoms with Crippen molar-refractivity contribution in [3.05, 3.63) is 70.8 Å². The summed E-state index contributed by atoms with van der Waals surface area (Å²) in [7, 11) is 0. The highest BCUT2D eigenvalue weighted by atomic mass is 16.4. The van der Waals surface area contributed by atoms with Crippen LogP contribution in [0.5, 0.6) is 5.75 Å². The van der Waals surface area contributed by atoms with E-state index in [1.807, 2.05) is 26.8 Å². The van der Waals surface area contributed by atoms with Gasteiger partial charge in [-0.1, -0.05) is 51.1 Å². The fraction of sp³-hybridized carbons (Fsp3) is 0.200. The summed E-state index contributed by atoms with van der Waals surface area (Å²) in [6.45, 7) is 6.12. The Bertz CT molecular complexity index is 793. The number of ketones is 1. The van der Waals surface area contributed by atoms with Crippen molar-refractivity contribution < 1.29 is 19.8 Å². The van der Waals surface area contributed by atoms with Crippen LogP contribution in [0.15, 0.2) is 48.5 Å². The largest absolute Gasteiger partial charge is 0.507 e. The molecule has 2 aromatic rings. The minimum absolute atomic E-state index is 0.0529. The molecule has 0 heterocycles. The summed E-state index contributed by atoms with van der Waals surface area (Å²) in [5, 5.41) is 18.7. The number of carbonyl (C=O) groups excluding carboxylic acids is 1. The van der Waals surface area contributed by atoms with Crippen molar-refractivity contribution in [1.29, 1.82) is 0 Å². The molecule has 0 aliphatic heterocycles. The molecule has 0 spiro atoms. The SMILES string of the molecule is CC(C)(C)c1ccc(O)c(C(=O)c2ccc(C=CC(=O)O)cc2)c1. The highest BCUT2D eigenvalue weighted by molar-refractivity contribution is 6.10. The summed E-state index contributed by atoms with van der Waals surface area (Å²) in [6, 6.07) is 11.6. The smallest absolute Gasteiger partial charge is 0.328 e. The molecule has 0 aromatic heterocycles. The first-order valence-corrected chi connectivity index (χ1v) is 7.58. The molecule has 4 nitrogen and oxygen atoms in total. The lowest BCUT2D eigenvalue weighted by molar-refractivity contribution is -0.131. The zero-order valence-electron chi connectivity index (χ0n) is 13.9. The van der Waals surface area contributed by atoms with Gasteiger partial charge in [0.05, 0.1) is 5.56 Å². The molecule has 0 radical (unpaired) electrons. The average Bonchev–Trinajstić information content (AvgIpc) is 2.52. The normalized spacial score (nSPS) is 11.6. The molecule has 0 aliphatic carbocycles. The fourth-order valence-corrected chi connectivity index (χ4v) is 2.25. The van der Waals surface area contributed by atoms with Crippen LogP contribution in [-0.2, 0) is 10.2 Å². The van der Waals surface area contributed by atoms with Gasteiger partial charge in [-0.05, 0) is 34.8 Å². The second kappa shape index (κ2) is 6.71. The van der Waals surface area contributed by atoms with Gasteiger partial charge in [0.2, 0.25) is 0 Å². The van der Waals surface area contributed by atoms with E-state index >= 15 is 0 Å². The minimum atomic E-state index is -1.03. The van der Waals surface area contributed by atoms with Crippen LogP contribution in [0.4, 0.5) is 0 Å². The number of aliphatic carboxylic acids is 1. The molecule has 0 bridgehead atoms. The summed E-state index contributed by atoms with van der Waals surface area (Å²) in [4.78, 5) is 23.2. The second-order valence-corrected chi connectivity index (χ2v) is 6.60. The topological polar surface area (TPSA) is 74.6 Å². The van der Waals surface area contributed by atoms with E-state index in [1.165, 1.54) is 12.1 Å². The molecule has 24 heavy (non-hydrogen) atoms. The maximum Gasteiger partial charge on any atom is 0.328 e. The first-order valence-electron chi connectivity index (χ1n) is 7.58. The lowest BCUT2D eigenvalue weighted by Crippen LogP contribution is -2.12. The van der Waals surface area contributed by atoms with Gasteiger partial charge < -0.3 is 10.2 Å². The summed E-state index contributed by atoms with van der Waals surface area (Å²) < 4.78 is 0. The van der Waals surface area contributed by atoms with Gasteiger partial charge in [0.25, 0.3) is 0 Å². The van der Waals surface area contributed by atoms with Gasteiger partial charge in [-0.3, -0.25) is 4.79 Å². The van der Waals surface area contributed by atoms with Crippen molar-refractivity contribution >= 4 is 17.8 Å². The number of hydrogen-bond acceptors (Lipinski definition) is 3. The number of carbonyl (C=O) groups is 2. The summed E-state index contributed by atoms with van der Waals surface area (Å²) in [6.07, 6.45) is 2.49. The van der Waals surface area contributed by atoms with Gasteiger partial charge >= 0.3 is 5.97 Å². The molecule has 2 rings (SSSR count). The van der Waals surface area contributed by atoms with Crippen LogP contribution in [0.25, 0.3) is 6.08 Å². The maximum atomic E-state index is 12.7. The first kappa shape index (κ1) is 17.5. The second-order valence-electron chi connectivity index (χ2n) is 6.60. The molecule has 124 valence electrons. The number of phenolic OH excluding ortho intramolecular Hbond substituents is 1. The number of phenols is 1. The minimum Gasteiger partial charge on any atom is -0.507 e. The summed E-state index contributed by atoms with van der Waals surface area (Å²) in [5.74, 6) is -1.35. The third-order valence-electron chi connectivity index (χ3n) is 3.70. The Morgan fingerprint density at radius 2 is 1.62 bits per heavy atom. The van der Waals surface area contributed by atoms with Gasteiger partial charge in [-0.2, -0.15) is 0 Å². The number of carboxylic acid groups (broad SMARTS) is 1. The number of aromatic hydroxyl groups is 1. The van der Waals surface area contributed by atoms with Gasteiger partial charge in [-0.15, -0.1) is 0 Å². The van der Waals surface area contributed by atoms with E-state index in [9.17, 15) is 14.7 Å².